The van der Waals surface area contributed by atoms with E-state index in [0.29, 0.717) is 23.7 Å². The molecular weight excluding hydrogens is 252 g/mol. The molecule has 4 nitrogen and oxygen atoms in total. The van der Waals surface area contributed by atoms with Gasteiger partial charge in [0.1, 0.15) is 0 Å². The molecule has 1 heterocycles. The Morgan fingerprint density at radius 1 is 1.25 bits per heavy atom. The Morgan fingerprint density at radius 2 is 1.95 bits per heavy atom. The molecule has 2 fully saturated rings. The summed E-state index contributed by atoms with van der Waals surface area (Å²) < 4.78 is 11.5. The second-order valence-electron chi connectivity index (χ2n) is 7.26. The smallest absolute Gasteiger partial charge is 0.0713 e. The second-order valence-corrected chi connectivity index (χ2v) is 7.26. The molecule has 2 atom stereocenters. The molecule has 1 aliphatic heterocycles. The number of rotatable bonds is 7. The van der Waals surface area contributed by atoms with Crippen molar-refractivity contribution in [2.75, 3.05) is 47.4 Å². The number of hydrogen-bond donors (Lipinski definition) is 0. The number of likely N-dealkylation sites (N-methyl/N-ethyl adjacent to an activating group) is 1. The maximum absolute atomic E-state index is 5.87. The lowest BCUT2D eigenvalue weighted by Crippen LogP contribution is -2.52. The van der Waals surface area contributed by atoms with Crippen LogP contribution in [0.3, 0.4) is 0 Å². The molecule has 0 bridgehead atoms. The summed E-state index contributed by atoms with van der Waals surface area (Å²) in [5, 5.41) is 0. The Labute approximate surface area is 124 Å². The van der Waals surface area contributed by atoms with E-state index in [0.717, 1.165) is 26.1 Å². The fourth-order valence-corrected chi connectivity index (χ4v) is 3.13. The highest BCUT2D eigenvalue weighted by Crippen LogP contribution is 2.47. The van der Waals surface area contributed by atoms with Gasteiger partial charge in [0.15, 0.2) is 0 Å². The van der Waals surface area contributed by atoms with Gasteiger partial charge in [-0.05, 0) is 47.2 Å². The highest BCUT2D eigenvalue weighted by atomic mass is 16.5. The van der Waals surface area contributed by atoms with Crippen molar-refractivity contribution in [1.29, 1.82) is 0 Å². The molecule has 1 aliphatic carbocycles. The van der Waals surface area contributed by atoms with Gasteiger partial charge in [-0.2, -0.15) is 0 Å². The van der Waals surface area contributed by atoms with Crippen molar-refractivity contribution in [3.05, 3.63) is 0 Å². The first kappa shape index (κ1) is 16.2. The number of hydrogen-bond acceptors (Lipinski definition) is 4. The van der Waals surface area contributed by atoms with Gasteiger partial charge in [-0.15, -0.1) is 0 Å². The van der Waals surface area contributed by atoms with Crippen LogP contribution in [-0.4, -0.2) is 75.5 Å². The largest absolute Gasteiger partial charge is 0.380 e. The standard InChI is InChI=1S/C16H32N2O2/c1-13(2)20-12-16(6-7-16)11-18-9-14(17(3)4)8-15(10-18)19-5/h13-15H,6-12H2,1-5H3/t14-,15+/m1/s1. The van der Waals surface area contributed by atoms with Crippen LogP contribution in [0.5, 0.6) is 0 Å². The summed E-state index contributed by atoms with van der Waals surface area (Å²) >= 11 is 0. The van der Waals surface area contributed by atoms with E-state index in [1.165, 1.54) is 19.4 Å². The van der Waals surface area contributed by atoms with E-state index in [-0.39, 0.29) is 0 Å². The number of methoxy groups -OCH3 is 1. The van der Waals surface area contributed by atoms with Gasteiger partial charge in [0.2, 0.25) is 0 Å². The Bertz CT molecular complexity index is 303. The summed E-state index contributed by atoms with van der Waals surface area (Å²) in [6.45, 7) is 8.58. The fraction of sp³-hybridized carbons (Fsp3) is 1.00. The third-order valence-electron chi connectivity index (χ3n) is 4.77. The van der Waals surface area contributed by atoms with Crippen LogP contribution in [0, 0.1) is 5.41 Å². The van der Waals surface area contributed by atoms with Gasteiger partial charge < -0.3 is 14.4 Å². The van der Waals surface area contributed by atoms with Crippen molar-refractivity contribution in [2.24, 2.45) is 5.41 Å². The molecule has 0 amide bonds. The molecule has 1 saturated carbocycles. The zero-order valence-electron chi connectivity index (χ0n) is 13.9. The summed E-state index contributed by atoms with van der Waals surface area (Å²) in [6.07, 6.45) is 4.50. The van der Waals surface area contributed by atoms with Crippen LogP contribution in [0.2, 0.25) is 0 Å². The van der Waals surface area contributed by atoms with Gasteiger partial charge in [-0.3, -0.25) is 4.90 Å². The van der Waals surface area contributed by atoms with Crippen molar-refractivity contribution >= 4 is 0 Å². The molecule has 2 rings (SSSR count). The van der Waals surface area contributed by atoms with Gasteiger partial charge in [0, 0.05) is 38.2 Å². The molecular formula is C16H32N2O2. The van der Waals surface area contributed by atoms with Crippen molar-refractivity contribution in [2.45, 2.75) is 51.4 Å². The van der Waals surface area contributed by atoms with Crippen molar-refractivity contribution in [3.63, 3.8) is 0 Å². The van der Waals surface area contributed by atoms with Crippen LogP contribution >= 0.6 is 0 Å². The van der Waals surface area contributed by atoms with Gasteiger partial charge in [-0.25, -0.2) is 0 Å². The monoisotopic (exact) mass is 284 g/mol. The molecule has 20 heavy (non-hydrogen) atoms. The lowest BCUT2D eigenvalue weighted by atomic mass is 9.99. The molecule has 118 valence electrons. The van der Waals surface area contributed by atoms with Gasteiger partial charge in [0.05, 0.1) is 18.8 Å². The second kappa shape index (κ2) is 6.73. The van der Waals surface area contributed by atoms with E-state index >= 15 is 0 Å². The Kier molecular flexibility index (Phi) is 5.46. The van der Waals surface area contributed by atoms with Gasteiger partial charge in [0.25, 0.3) is 0 Å². The molecule has 0 aromatic rings. The SMILES string of the molecule is CO[C@H]1C[C@@H](N(C)C)CN(CC2(COC(C)C)CC2)C1. The highest BCUT2D eigenvalue weighted by Gasteiger charge is 2.45. The molecule has 0 N–H and O–H groups in total. The Balaban J connectivity index is 1.87. The first-order valence-electron chi connectivity index (χ1n) is 7.97. The quantitative estimate of drug-likeness (QED) is 0.712. The Morgan fingerprint density at radius 3 is 2.45 bits per heavy atom. The summed E-state index contributed by atoms with van der Waals surface area (Å²) in [5.41, 5.74) is 0.427. The maximum atomic E-state index is 5.87. The zero-order valence-corrected chi connectivity index (χ0v) is 13.9. The van der Waals surface area contributed by atoms with Crippen molar-refractivity contribution in [3.8, 4) is 0 Å². The van der Waals surface area contributed by atoms with Crippen LogP contribution in [0.1, 0.15) is 33.1 Å². The number of ether oxygens (including phenoxy) is 2. The number of piperidine rings is 1. The summed E-state index contributed by atoms with van der Waals surface area (Å²) in [5.74, 6) is 0. The lowest BCUT2D eigenvalue weighted by Gasteiger charge is -2.41. The van der Waals surface area contributed by atoms with Gasteiger partial charge in [-0.1, -0.05) is 0 Å². The van der Waals surface area contributed by atoms with E-state index in [1.54, 1.807) is 0 Å². The number of nitrogens with zero attached hydrogens (tertiary/aromatic N) is 2. The van der Waals surface area contributed by atoms with E-state index in [2.05, 4.69) is 37.7 Å². The van der Waals surface area contributed by atoms with E-state index in [1.807, 2.05) is 7.11 Å². The molecule has 4 heteroatoms. The first-order valence-corrected chi connectivity index (χ1v) is 7.97. The van der Waals surface area contributed by atoms with Gasteiger partial charge >= 0.3 is 0 Å². The van der Waals surface area contributed by atoms with Crippen LogP contribution < -0.4 is 0 Å². The molecule has 0 aromatic carbocycles. The van der Waals surface area contributed by atoms with Crippen LogP contribution in [0.4, 0.5) is 0 Å². The lowest BCUT2D eigenvalue weighted by molar-refractivity contribution is -0.0217. The van der Waals surface area contributed by atoms with Crippen LogP contribution in [0.15, 0.2) is 0 Å². The molecule has 0 spiro atoms. The van der Waals surface area contributed by atoms with Crippen LogP contribution in [0.25, 0.3) is 0 Å². The maximum Gasteiger partial charge on any atom is 0.0713 e. The zero-order chi connectivity index (χ0) is 14.8. The molecule has 0 aromatic heterocycles. The predicted molar refractivity (Wildman–Crippen MR) is 82.1 cm³/mol. The fourth-order valence-electron chi connectivity index (χ4n) is 3.13. The van der Waals surface area contributed by atoms with Crippen LogP contribution in [-0.2, 0) is 9.47 Å². The number of likely N-dealkylation sites (tertiary alicyclic amines) is 1. The predicted octanol–water partition coefficient (Wildman–Crippen LogP) is 1.84. The van der Waals surface area contributed by atoms with Crippen molar-refractivity contribution in [1.82, 2.24) is 9.80 Å². The minimum atomic E-state index is 0.343. The topological polar surface area (TPSA) is 24.9 Å². The normalized spacial score (nSPS) is 30.1. The molecule has 1 saturated heterocycles. The summed E-state index contributed by atoms with van der Waals surface area (Å²) in [7, 11) is 6.20. The minimum Gasteiger partial charge on any atom is -0.380 e. The molecule has 0 unspecified atom stereocenters. The average Bonchev–Trinajstić information content (AvgIpc) is 3.16. The summed E-state index contributed by atoms with van der Waals surface area (Å²) in [6, 6.07) is 0.607. The van der Waals surface area contributed by atoms with E-state index in [9.17, 15) is 0 Å². The third-order valence-corrected chi connectivity index (χ3v) is 4.77. The highest BCUT2D eigenvalue weighted by molar-refractivity contribution is 4.97. The average molecular weight is 284 g/mol. The van der Waals surface area contributed by atoms with Crippen molar-refractivity contribution < 1.29 is 9.47 Å². The first-order chi connectivity index (χ1) is 9.44. The van der Waals surface area contributed by atoms with E-state index < -0.39 is 0 Å². The van der Waals surface area contributed by atoms with E-state index in [4.69, 9.17) is 9.47 Å². The molecule has 0 radical (unpaired) electrons. The summed E-state index contributed by atoms with van der Waals surface area (Å²) in [4.78, 5) is 4.93. The third kappa shape index (κ3) is 4.42. The minimum absolute atomic E-state index is 0.343. The Hall–Kier alpha value is -0.160. The molecule has 2 aliphatic rings.